The summed E-state index contributed by atoms with van der Waals surface area (Å²) in [7, 11) is 1.51. The van der Waals surface area contributed by atoms with Crippen molar-refractivity contribution in [2.75, 3.05) is 6.61 Å². The molecule has 0 aliphatic rings. The van der Waals surface area contributed by atoms with Gasteiger partial charge in [0.05, 0.1) is 17.0 Å². The van der Waals surface area contributed by atoms with Crippen molar-refractivity contribution in [3.05, 3.63) is 71.5 Å². The summed E-state index contributed by atoms with van der Waals surface area (Å²) in [6.45, 7) is 3.13. The third-order valence-corrected chi connectivity index (χ3v) is 5.29. The first-order valence-electron chi connectivity index (χ1n) is 10.5. The Morgan fingerprint density at radius 3 is 2.56 bits per heavy atom. The van der Waals surface area contributed by atoms with Crippen LogP contribution < -0.4 is 10.1 Å². The molecule has 1 N–H and O–H groups in total. The monoisotopic (exact) mass is 469 g/mol. The molecule has 1 aromatic carbocycles. The lowest BCUT2D eigenvalue weighted by Crippen LogP contribution is -2.31. The average Bonchev–Trinajstić information content (AvgIpc) is 3.14. The second-order valence-electron chi connectivity index (χ2n) is 7.85. The summed E-state index contributed by atoms with van der Waals surface area (Å²) < 4.78 is 48.6. The van der Waals surface area contributed by atoms with Crippen LogP contribution in [0, 0.1) is 6.92 Å². The fraction of sp³-hybridized carbons (Fsp3) is 0.250. The molecular weight excluding hydrogens is 447 g/mol. The highest BCUT2D eigenvalue weighted by molar-refractivity contribution is 5.94. The van der Waals surface area contributed by atoms with Crippen molar-refractivity contribution in [1.29, 1.82) is 0 Å². The lowest BCUT2D eigenvalue weighted by atomic mass is 10.0. The Labute approximate surface area is 193 Å². The molecule has 1 amide bonds. The zero-order chi connectivity index (χ0) is 24.5. The van der Waals surface area contributed by atoms with Gasteiger partial charge in [-0.05, 0) is 25.5 Å². The smallest absolute Gasteiger partial charge is 0.417 e. The van der Waals surface area contributed by atoms with Crippen LogP contribution in [0.2, 0.25) is 0 Å². The van der Waals surface area contributed by atoms with E-state index in [-0.39, 0.29) is 28.6 Å². The Kier molecular flexibility index (Phi) is 6.23. The number of benzene rings is 1. The summed E-state index contributed by atoms with van der Waals surface area (Å²) in [4.78, 5) is 20.7. The number of pyridine rings is 2. The molecule has 3 aromatic heterocycles. The number of nitrogens with one attached hydrogen (secondary N) is 1. The largest absolute Gasteiger partial charge is 0.467 e. The summed E-state index contributed by atoms with van der Waals surface area (Å²) in [5, 5.41) is 6.87. The van der Waals surface area contributed by atoms with Gasteiger partial charge >= 0.3 is 6.18 Å². The molecule has 0 radical (unpaired) electrons. The second-order valence-corrected chi connectivity index (χ2v) is 7.85. The van der Waals surface area contributed by atoms with Gasteiger partial charge in [-0.3, -0.25) is 9.78 Å². The maximum Gasteiger partial charge on any atom is 0.417 e. The fourth-order valence-corrected chi connectivity index (χ4v) is 3.56. The third-order valence-electron chi connectivity index (χ3n) is 5.29. The lowest BCUT2D eigenvalue weighted by Gasteiger charge is -2.15. The fourth-order valence-electron chi connectivity index (χ4n) is 3.56. The lowest BCUT2D eigenvalue weighted by molar-refractivity contribution is -0.136. The Bertz CT molecular complexity index is 1320. The van der Waals surface area contributed by atoms with Crippen LogP contribution in [0.25, 0.3) is 22.3 Å². The van der Waals surface area contributed by atoms with E-state index < -0.39 is 24.3 Å². The number of carbonyl (C=O) groups excluding carboxylic acids is 1. The van der Waals surface area contributed by atoms with E-state index in [0.29, 0.717) is 5.56 Å². The number of nitrogens with zero attached hydrogens (tertiary/aromatic N) is 4. The van der Waals surface area contributed by atoms with Gasteiger partial charge in [-0.2, -0.15) is 23.3 Å². The molecule has 0 saturated heterocycles. The summed E-state index contributed by atoms with van der Waals surface area (Å²) >= 11 is 0. The van der Waals surface area contributed by atoms with Gasteiger partial charge in [0.1, 0.15) is 5.69 Å². The first-order valence-corrected chi connectivity index (χ1v) is 10.5. The van der Waals surface area contributed by atoms with Crippen LogP contribution in [0.5, 0.6) is 5.88 Å². The molecule has 0 fully saturated rings. The minimum atomic E-state index is -4.68. The number of aryl methyl sites for hydroxylation is 2. The predicted molar refractivity (Wildman–Crippen MR) is 120 cm³/mol. The quantitative estimate of drug-likeness (QED) is 0.446. The summed E-state index contributed by atoms with van der Waals surface area (Å²) in [5.41, 5.74) is 1.41. The number of amides is 1. The topological polar surface area (TPSA) is 81.9 Å². The molecule has 0 bridgehead atoms. The van der Waals surface area contributed by atoms with Crippen molar-refractivity contribution in [1.82, 2.24) is 25.1 Å². The molecular formula is C24H22F3N5O2. The highest BCUT2D eigenvalue weighted by atomic mass is 19.4. The van der Waals surface area contributed by atoms with Gasteiger partial charge in [0, 0.05) is 30.6 Å². The van der Waals surface area contributed by atoms with Gasteiger partial charge < -0.3 is 10.1 Å². The van der Waals surface area contributed by atoms with Gasteiger partial charge in [0.15, 0.2) is 12.3 Å². The number of hydrogen-bond acceptors (Lipinski definition) is 5. The number of aromatic nitrogens is 4. The van der Waals surface area contributed by atoms with Crippen molar-refractivity contribution < 1.29 is 22.7 Å². The van der Waals surface area contributed by atoms with E-state index in [9.17, 15) is 18.0 Å². The highest BCUT2D eigenvalue weighted by Crippen LogP contribution is 2.40. The van der Waals surface area contributed by atoms with Gasteiger partial charge in [0.2, 0.25) is 5.88 Å². The van der Waals surface area contributed by atoms with Crippen molar-refractivity contribution in [2.24, 2.45) is 7.05 Å². The van der Waals surface area contributed by atoms with E-state index in [4.69, 9.17) is 4.74 Å². The standard InChI is InChI=1S/C24H22F3N5O2/c1-14-9-10-17(12-28-14)15(2)29-19(33)13-34-20-11-18(24(25,26)27)21-22(16-7-5-4-6-8-16)31-32(3)23(21)30-20/h4-12,15H,13H2,1-3H3,(H,29,33). The minimum Gasteiger partial charge on any atom is -0.467 e. The van der Waals surface area contributed by atoms with Crippen molar-refractivity contribution in [3.63, 3.8) is 0 Å². The second kappa shape index (κ2) is 9.12. The average molecular weight is 469 g/mol. The first-order chi connectivity index (χ1) is 16.1. The van der Waals surface area contributed by atoms with E-state index in [1.807, 2.05) is 19.1 Å². The Morgan fingerprint density at radius 1 is 1.18 bits per heavy atom. The number of rotatable bonds is 6. The normalized spacial score (nSPS) is 12.5. The first kappa shape index (κ1) is 23.2. The number of halogens is 3. The van der Waals surface area contributed by atoms with Crippen LogP contribution in [-0.4, -0.2) is 32.3 Å². The Balaban J connectivity index is 1.59. The van der Waals surface area contributed by atoms with Crippen LogP contribution in [0.4, 0.5) is 13.2 Å². The van der Waals surface area contributed by atoms with Crippen molar-refractivity contribution in [2.45, 2.75) is 26.1 Å². The molecule has 34 heavy (non-hydrogen) atoms. The van der Waals surface area contributed by atoms with Gasteiger partial charge in [-0.15, -0.1) is 0 Å². The minimum absolute atomic E-state index is 0.00295. The molecule has 0 aliphatic heterocycles. The highest BCUT2D eigenvalue weighted by Gasteiger charge is 2.36. The van der Waals surface area contributed by atoms with Gasteiger partial charge in [-0.25, -0.2) is 4.68 Å². The Morgan fingerprint density at radius 2 is 1.91 bits per heavy atom. The molecule has 0 spiro atoms. The third kappa shape index (κ3) is 4.85. The molecule has 4 aromatic rings. The summed E-state index contributed by atoms with van der Waals surface area (Å²) in [6.07, 6.45) is -3.03. The number of carbonyl (C=O) groups is 1. The molecule has 0 saturated carbocycles. The maximum absolute atomic E-state index is 14.0. The van der Waals surface area contributed by atoms with E-state index in [1.165, 1.54) is 11.7 Å². The van der Waals surface area contributed by atoms with E-state index in [0.717, 1.165) is 17.3 Å². The molecule has 176 valence electrons. The van der Waals surface area contributed by atoms with Crippen molar-refractivity contribution in [3.8, 4) is 17.1 Å². The van der Waals surface area contributed by atoms with Crippen LogP contribution in [0.15, 0.2) is 54.7 Å². The van der Waals surface area contributed by atoms with E-state index >= 15 is 0 Å². The van der Waals surface area contributed by atoms with Gasteiger partial charge in [0.25, 0.3) is 5.91 Å². The molecule has 10 heteroatoms. The van der Waals surface area contributed by atoms with Crippen molar-refractivity contribution >= 4 is 16.9 Å². The van der Waals surface area contributed by atoms with Gasteiger partial charge in [-0.1, -0.05) is 36.4 Å². The van der Waals surface area contributed by atoms with E-state index in [2.05, 4.69) is 20.4 Å². The predicted octanol–water partition coefficient (Wildman–Crippen LogP) is 4.61. The number of alkyl halides is 3. The SMILES string of the molecule is Cc1ccc(C(C)NC(=O)COc2cc(C(F)(F)F)c3c(-c4ccccc4)nn(C)c3n2)cn1. The van der Waals surface area contributed by atoms with Crippen LogP contribution >= 0.6 is 0 Å². The van der Waals surface area contributed by atoms with E-state index in [1.54, 1.807) is 43.5 Å². The summed E-state index contributed by atoms with van der Waals surface area (Å²) in [6, 6.07) is 12.7. The number of ether oxygens (including phenoxy) is 1. The zero-order valence-electron chi connectivity index (χ0n) is 18.7. The molecule has 4 rings (SSSR count). The molecule has 0 aliphatic carbocycles. The molecule has 1 atom stereocenters. The number of hydrogen-bond donors (Lipinski definition) is 1. The Hall–Kier alpha value is -3.95. The van der Waals surface area contributed by atoms with Crippen LogP contribution in [-0.2, 0) is 18.0 Å². The van der Waals surface area contributed by atoms with Crippen LogP contribution in [0.1, 0.15) is 29.8 Å². The number of fused-ring (bicyclic) bond motifs is 1. The van der Waals surface area contributed by atoms with Crippen LogP contribution in [0.3, 0.4) is 0 Å². The zero-order valence-corrected chi connectivity index (χ0v) is 18.7. The summed E-state index contributed by atoms with van der Waals surface area (Å²) in [5.74, 6) is -0.819. The maximum atomic E-state index is 14.0. The molecule has 3 heterocycles. The molecule has 7 nitrogen and oxygen atoms in total. The molecule has 1 unspecified atom stereocenters.